The highest BCUT2D eigenvalue weighted by atomic mass is 32.2. The van der Waals surface area contributed by atoms with E-state index in [0.29, 0.717) is 22.0 Å². The quantitative estimate of drug-likeness (QED) is 0.650. The first kappa shape index (κ1) is 17.0. The van der Waals surface area contributed by atoms with Gasteiger partial charge in [0.25, 0.3) is 5.91 Å². The van der Waals surface area contributed by atoms with Crippen LogP contribution in [0.4, 0.5) is 5.95 Å². The molecule has 0 spiro atoms. The molecule has 2 aromatic heterocycles. The molecule has 1 aliphatic rings. The zero-order valence-corrected chi connectivity index (χ0v) is 15.9. The van der Waals surface area contributed by atoms with Crippen molar-refractivity contribution < 1.29 is 9.53 Å². The van der Waals surface area contributed by atoms with Gasteiger partial charge in [-0.05, 0) is 23.8 Å². The number of thiazole rings is 1. The van der Waals surface area contributed by atoms with E-state index in [2.05, 4.69) is 45.4 Å². The Morgan fingerprint density at radius 2 is 2.27 bits per heavy atom. The Hall–Kier alpha value is -2.39. The number of fused-ring (bicyclic) bond motifs is 1. The van der Waals surface area contributed by atoms with Gasteiger partial charge in [-0.15, -0.1) is 16.4 Å². The van der Waals surface area contributed by atoms with Crippen LogP contribution in [0.1, 0.15) is 29.9 Å². The van der Waals surface area contributed by atoms with Gasteiger partial charge in [-0.2, -0.15) is 4.98 Å². The fourth-order valence-corrected chi connectivity index (χ4v) is 4.03. The number of benzene rings is 1. The molecule has 2 N–H and O–H groups in total. The molecule has 9 heteroatoms. The number of carbonyl (C=O) groups excluding carboxylic acids is 1. The molecule has 0 radical (unpaired) electrons. The molecule has 4 rings (SSSR count). The van der Waals surface area contributed by atoms with Crippen LogP contribution in [-0.4, -0.2) is 37.9 Å². The van der Waals surface area contributed by atoms with Crippen molar-refractivity contribution in [3.63, 3.8) is 0 Å². The van der Waals surface area contributed by atoms with Gasteiger partial charge in [-0.3, -0.25) is 10.1 Å². The number of hydrogen-bond acceptors (Lipinski definition) is 7. The molecule has 0 unspecified atom stereocenters. The summed E-state index contributed by atoms with van der Waals surface area (Å²) in [4.78, 5) is 21.1. The van der Waals surface area contributed by atoms with Crippen LogP contribution in [0.2, 0.25) is 0 Å². The summed E-state index contributed by atoms with van der Waals surface area (Å²) in [6.45, 7) is 4.83. The smallest absolute Gasteiger partial charge is 0.277 e. The molecule has 0 fully saturated rings. The predicted molar refractivity (Wildman–Crippen MR) is 102 cm³/mol. The fourth-order valence-electron chi connectivity index (χ4n) is 2.57. The lowest BCUT2D eigenvalue weighted by atomic mass is 10.1. The van der Waals surface area contributed by atoms with Crippen molar-refractivity contribution in [2.75, 3.05) is 11.9 Å². The number of anilines is 1. The van der Waals surface area contributed by atoms with Gasteiger partial charge in [-0.25, -0.2) is 10.1 Å². The zero-order valence-electron chi connectivity index (χ0n) is 14.3. The number of thioether (sulfide) groups is 1. The van der Waals surface area contributed by atoms with Crippen molar-refractivity contribution in [3.05, 3.63) is 34.8 Å². The highest BCUT2D eigenvalue weighted by Gasteiger charge is 2.17. The highest BCUT2D eigenvalue weighted by molar-refractivity contribution is 7.99. The lowest BCUT2D eigenvalue weighted by Crippen LogP contribution is -2.13. The number of nitrogens with one attached hydrogen (secondary N) is 2. The zero-order chi connectivity index (χ0) is 18.1. The molecule has 0 atom stereocenters. The van der Waals surface area contributed by atoms with Crippen LogP contribution in [0.25, 0.3) is 10.6 Å². The molecule has 7 nitrogen and oxygen atoms in total. The number of aromatic amines is 1. The number of rotatable bonds is 5. The Kier molecular flexibility index (Phi) is 4.64. The second-order valence-corrected chi connectivity index (χ2v) is 8.45. The third-order valence-electron chi connectivity index (χ3n) is 3.71. The minimum Gasteiger partial charge on any atom is -0.493 e. The molecule has 3 aromatic rings. The molecule has 0 saturated heterocycles. The van der Waals surface area contributed by atoms with Gasteiger partial charge >= 0.3 is 0 Å². The van der Waals surface area contributed by atoms with Crippen molar-refractivity contribution in [1.82, 2.24) is 20.2 Å². The molecular weight excluding hydrogens is 370 g/mol. The van der Waals surface area contributed by atoms with Gasteiger partial charge in [0.15, 0.2) is 0 Å². The van der Waals surface area contributed by atoms with Crippen LogP contribution in [0, 0.1) is 0 Å². The molecule has 0 bridgehead atoms. The Balaban J connectivity index is 1.47. The largest absolute Gasteiger partial charge is 0.493 e. The summed E-state index contributed by atoms with van der Waals surface area (Å²) in [6.07, 6.45) is 0.907. The van der Waals surface area contributed by atoms with E-state index in [-0.39, 0.29) is 5.91 Å². The molecule has 26 heavy (non-hydrogen) atoms. The second kappa shape index (κ2) is 7.08. The third-order valence-corrected chi connectivity index (χ3v) is 5.47. The molecule has 0 saturated carbocycles. The Morgan fingerprint density at radius 1 is 1.38 bits per heavy atom. The van der Waals surface area contributed by atoms with Crippen molar-refractivity contribution in [2.24, 2.45) is 0 Å². The highest BCUT2D eigenvalue weighted by Crippen LogP contribution is 2.32. The van der Waals surface area contributed by atoms with E-state index in [4.69, 9.17) is 4.74 Å². The van der Waals surface area contributed by atoms with Gasteiger partial charge in [-0.1, -0.05) is 25.6 Å². The van der Waals surface area contributed by atoms with E-state index in [1.54, 1.807) is 5.38 Å². The van der Waals surface area contributed by atoms with E-state index >= 15 is 0 Å². The number of aromatic nitrogens is 4. The summed E-state index contributed by atoms with van der Waals surface area (Å²) in [6, 6.07) is 6.01. The van der Waals surface area contributed by atoms with E-state index in [9.17, 15) is 4.79 Å². The lowest BCUT2D eigenvalue weighted by molar-refractivity contribution is 0.102. The Labute approximate surface area is 158 Å². The number of hydrogen-bond donors (Lipinski definition) is 2. The molecule has 1 amide bonds. The summed E-state index contributed by atoms with van der Waals surface area (Å²) >= 11 is 2.96. The Morgan fingerprint density at radius 3 is 3.12 bits per heavy atom. The summed E-state index contributed by atoms with van der Waals surface area (Å²) in [5.74, 6) is 0.945. The summed E-state index contributed by atoms with van der Waals surface area (Å²) in [5.41, 5.74) is 2.53. The topological polar surface area (TPSA) is 92.8 Å². The molecule has 3 heterocycles. The minimum absolute atomic E-state index is 0.311. The van der Waals surface area contributed by atoms with Gasteiger partial charge in [0.1, 0.15) is 16.5 Å². The second-order valence-electron chi connectivity index (χ2n) is 6.05. The summed E-state index contributed by atoms with van der Waals surface area (Å²) in [5, 5.41) is 13.0. The van der Waals surface area contributed by atoms with Crippen LogP contribution in [0.3, 0.4) is 0 Å². The maximum absolute atomic E-state index is 12.4. The van der Waals surface area contributed by atoms with E-state index in [1.165, 1.54) is 28.7 Å². The van der Waals surface area contributed by atoms with Crippen LogP contribution < -0.4 is 10.1 Å². The average Bonchev–Trinajstić information content (AvgIpc) is 3.34. The minimum atomic E-state index is -0.311. The van der Waals surface area contributed by atoms with Crippen molar-refractivity contribution in [1.29, 1.82) is 0 Å². The molecule has 134 valence electrons. The van der Waals surface area contributed by atoms with Crippen molar-refractivity contribution in [3.8, 4) is 16.3 Å². The molecular formula is C17H17N5O2S2. The first-order valence-electron chi connectivity index (χ1n) is 8.20. The summed E-state index contributed by atoms with van der Waals surface area (Å²) in [7, 11) is 0. The lowest BCUT2D eigenvalue weighted by Gasteiger charge is -2.01. The van der Waals surface area contributed by atoms with Crippen LogP contribution in [0.15, 0.2) is 28.7 Å². The maximum Gasteiger partial charge on any atom is 0.277 e. The van der Waals surface area contributed by atoms with Crippen molar-refractivity contribution in [2.45, 2.75) is 30.7 Å². The number of amides is 1. The fraction of sp³-hybridized carbons (Fsp3) is 0.294. The third kappa shape index (κ3) is 3.58. The SMILES string of the molecule is CC(C)Sc1n[nH]c(NC(=O)c2csc(-c3ccc4c(c3)CCO4)n2)n1. The molecule has 1 aromatic carbocycles. The predicted octanol–water partition coefficient (Wildman–Crippen LogP) is 3.62. The average molecular weight is 387 g/mol. The van der Waals surface area contributed by atoms with Crippen molar-refractivity contribution >= 4 is 35.0 Å². The Bertz CT molecular complexity index is 950. The standard InChI is InChI=1S/C17H17N5O2S2/c1-9(2)26-17-20-16(21-22-17)19-14(23)12-8-25-15(18-12)11-3-4-13-10(7-11)5-6-24-13/h3-4,7-9H,5-6H2,1-2H3,(H2,19,20,21,22,23). The van der Waals surface area contributed by atoms with Gasteiger partial charge in [0.05, 0.1) is 6.61 Å². The van der Waals surface area contributed by atoms with E-state index < -0.39 is 0 Å². The first-order chi connectivity index (χ1) is 12.6. The number of carbonyl (C=O) groups is 1. The molecule has 0 aliphatic carbocycles. The monoisotopic (exact) mass is 387 g/mol. The maximum atomic E-state index is 12.4. The number of H-pyrrole nitrogens is 1. The number of ether oxygens (including phenoxy) is 1. The molecule has 1 aliphatic heterocycles. The van der Waals surface area contributed by atoms with Gasteiger partial charge < -0.3 is 4.74 Å². The van der Waals surface area contributed by atoms with E-state index in [1.807, 2.05) is 12.1 Å². The van der Waals surface area contributed by atoms with Gasteiger partial charge in [0.2, 0.25) is 11.1 Å². The number of nitrogens with zero attached hydrogens (tertiary/aromatic N) is 3. The van der Waals surface area contributed by atoms with Gasteiger partial charge in [0, 0.05) is 22.6 Å². The van der Waals surface area contributed by atoms with Crippen LogP contribution in [-0.2, 0) is 6.42 Å². The first-order valence-corrected chi connectivity index (χ1v) is 9.96. The van der Waals surface area contributed by atoms with Crippen LogP contribution >= 0.6 is 23.1 Å². The normalized spacial score (nSPS) is 12.9. The summed E-state index contributed by atoms with van der Waals surface area (Å²) < 4.78 is 5.53. The van der Waals surface area contributed by atoms with E-state index in [0.717, 1.165) is 29.3 Å². The van der Waals surface area contributed by atoms with Crippen LogP contribution in [0.5, 0.6) is 5.75 Å².